The van der Waals surface area contributed by atoms with E-state index in [0.29, 0.717) is 13.1 Å². The molecule has 3 heterocycles. The van der Waals surface area contributed by atoms with Gasteiger partial charge in [0.2, 0.25) is 5.91 Å². The van der Waals surface area contributed by atoms with Crippen LogP contribution in [0.3, 0.4) is 0 Å². The van der Waals surface area contributed by atoms with Crippen molar-refractivity contribution in [2.24, 2.45) is 0 Å². The molecule has 0 bridgehead atoms. The molecule has 0 saturated carbocycles. The van der Waals surface area contributed by atoms with E-state index in [4.69, 9.17) is 4.42 Å². The molecule has 0 spiro atoms. The zero-order chi connectivity index (χ0) is 19.3. The number of nitrogens with zero attached hydrogens (tertiary/aromatic N) is 3. The summed E-state index contributed by atoms with van der Waals surface area (Å²) in [7, 11) is 0. The summed E-state index contributed by atoms with van der Waals surface area (Å²) in [5.41, 5.74) is 0.895. The Kier molecular flexibility index (Phi) is 6.07. The zero-order valence-corrected chi connectivity index (χ0v) is 16.2. The molecule has 2 aliphatic heterocycles. The van der Waals surface area contributed by atoms with Crippen LogP contribution < -0.4 is 0 Å². The molecule has 0 radical (unpaired) electrons. The van der Waals surface area contributed by atoms with Crippen molar-refractivity contribution in [3.8, 4) is 0 Å². The number of halogens is 1. The van der Waals surface area contributed by atoms with Crippen molar-refractivity contribution in [1.82, 2.24) is 14.7 Å². The molecule has 28 heavy (non-hydrogen) atoms. The van der Waals surface area contributed by atoms with E-state index in [9.17, 15) is 9.18 Å². The molecule has 5 nitrogen and oxygen atoms in total. The van der Waals surface area contributed by atoms with Crippen molar-refractivity contribution in [3.05, 3.63) is 59.8 Å². The highest BCUT2D eigenvalue weighted by molar-refractivity contribution is 5.83. The largest absolute Gasteiger partial charge is 0.468 e. The number of hydrogen-bond donors (Lipinski definition) is 0. The average molecular weight is 385 g/mol. The first kappa shape index (κ1) is 19.2. The van der Waals surface area contributed by atoms with Crippen molar-refractivity contribution in [2.45, 2.75) is 31.8 Å². The molecular formula is C22H28FN3O2. The van der Waals surface area contributed by atoms with E-state index in [1.165, 1.54) is 18.6 Å². The van der Waals surface area contributed by atoms with Gasteiger partial charge in [-0.25, -0.2) is 4.39 Å². The van der Waals surface area contributed by atoms with Crippen molar-refractivity contribution < 1.29 is 13.6 Å². The minimum Gasteiger partial charge on any atom is -0.468 e. The predicted molar refractivity (Wildman–Crippen MR) is 105 cm³/mol. The molecule has 1 amide bonds. The zero-order valence-electron chi connectivity index (χ0n) is 16.2. The van der Waals surface area contributed by atoms with Crippen LogP contribution in [0, 0.1) is 5.82 Å². The molecule has 150 valence electrons. The van der Waals surface area contributed by atoms with Gasteiger partial charge in [-0.15, -0.1) is 0 Å². The van der Waals surface area contributed by atoms with Gasteiger partial charge in [0.25, 0.3) is 0 Å². The van der Waals surface area contributed by atoms with E-state index in [2.05, 4.69) is 9.80 Å². The summed E-state index contributed by atoms with van der Waals surface area (Å²) in [6.45, 7) is 5.72. The summed E-state index contributed by atoms with van der Waals surface area (Å²) in [5.74, 6) is 0.837. The maximum atomic E-state index is 13.5. The number of piperazine rings is 1. The Morgan fingerprint density at radius 1 is 0.964 bits per heavy atom. The lowest BCUT2D eigenvalue weighted by Crippen LogP contribution is -2.52. The minimum absolute atomic E-state index is 0.145. The SMILES string of the molecule is O=C(C(c1ccc(F)cc1)N1CCCCC1)N1CCN(Cc2ccco2)CC1. The Hall–Kier alpha value is -2.18. The Morgan fingerprint density at radius 2 is 1.68 bits per heavy atom. The molecule has 2 aromatic rings. The lowest BCUT2D eigenvalue weighted by Gasteiger charge is -2.40. The number of carbonyl (C=O) groups is 1. The van der Waals surface area contributed by atoms with Crippen LogP contribution in [-0.2, 0) is 11.3 Å². The fraction of sp³-hybridized carbons (Fsp3) is 0.500. The van der Waals surface area contributed by atoms with Gasteiger partial charge in [-0.1, -0.05) is 18.6 Å². The fourth-order valence-corrected chi connectivity index (χ4v) is 4.25. The third-order valence-electron chi connectivity index (χ3n) is 5.82. The highest BCUT2D eigenvalue weighted by Crippen LogP contribution is 2.27. The summed E-state index contributed by atoms with van der Waals surface area (Å²) in [4.78, 5) is 20.0. The van der Waals surface area contributed by atoms with Crippen LogP contribution in [0.15, 0.2) is 47.1 Å². The lowest BCUT2D eigenvalue weighted by molar-refractivity contribution is -0.139. The molecule has 0 N–H and O–H groups in total. The number of rotatable bonds is 5. The van der Waals surface area contributed by atoms with Gasteiger partial charge in [-0.3, -0.25) is 14.6 Å². The van der Waals surface area contributed by atoms with Crippen LogP contribution >= 0.6 is 0 Å². The Balaban J connectivity index is 1.44. The molecule has 2 aliphatic rings. The highest BCUT2D eigenvalue weighted by atomic mass is 19.1. The number of likely N-dealkylation sites (tertiary alicyclic amines) is 1. The molecular weight excluding hydrogens is 357 g/mol. The number of piperidine rings is 1. The second kappa shape index (κ2) is 8.88. The first-order valence-electron chi connectivity index (χ1n) is 10.2. The maximum Gasteiger partial charge on any atom is 0.244 e. The number of benzene rings is 1. The predicted octanol–water partition coefficient (Wildman–Crippen LogP) is 3.29. The maximum absolute atomic E-state index is 13.5. The van der Waals surface area contributed by atoms with Crippen LogP contribution in [0.1, 0.15) is 36.6 Å². The third kappa shape index (κ3) is 4.45. The van der Waals surface area contributed by atoms with Crippen LogP contribution in [0.25, 0.3) is 0 Å². The monoisotopic (exact) mass is 385 g/mol. The molecule has 2 fully saturated rings. The van der Waals surface area contributed by atoms with E-state index in [1.54, 1.807) is 18.4 Å². The van der Waals surface area contributed by atoms with Crippen LogP contribution in [0.2, 0.25) is 0 Å². The topological polar surface area (TPSA) is 39.9 Å². The second-order valence-electron chi connectivity index (χ2n) is 7.73. The number of amides is 1. The van der Waals surface area contributed by atoms with Crippen molar-refractivity contribution >= 4 is 5.91 Å². The fourth-order valence-electron chi connectivity index (χ4n) is 4.25. The summed E-state index contributed by atoms with van der Waals surface area (Å²) >= 11 is 0. The first-order valence-corrected chi connectivity index (χ1v) is 10.2. The van der Waals surface area contributed by atoms with Gasteiger partial charge in [-0.05, 0) is 55.8 Å². The van der Waals surface area contributed by atoms with E-state index >= 15 is 0 Å². The summed E-state index contributed by atoms with van der Waals surface area (Å²) in [6.07, 6.45) is 5.14. The molecule has 1 aromatic heterocycles. The van der Waals surface area contributed by atoms with E-state index < -0.39 is 0 Å². The van der Waals surface area contributed by atoms with Gasteiger partial charge >= 0.3 is 0 Å². The average Bonchev–Trinajstić information content (AvgIpc) is 3.24. The molecule has 1 atom stereocenters. The summed E-state index contributed by atoms with van der Waals surface area (Å²) in [6, 6.07) is 10.0. The Bertz CT molecular complexity index is 749. The molecule has 1 aromatic carbocycles. The third-order valence-corrected chi connectivity index (χ3v) is 5.82. The number of hydrogen-bond acceptors (Lipinski definition) is 4. The van der Waals surface area contributed by atoms with Gasteiger partial charge in [0.05, 0.1) is 12.8 Å². The standard InChI is InChI=1S/C22H28FN3O2/c23-19-8-6-18(7-9-19)21(25-10-2-1-3-11-25)22(27)26-14-12-24(13-15-26)17-20-5-4-16-28-20/h4-9,16,21H,1-3,10-15,17H2. The van der Waals surface area contributed by atoms with Crippen LogP contribution in [0.4, 0.5) is 4.39 Å². The Morgan fingerprint density at radius 3 is 2.32 bits per heavy atom. The van der Waals surface area contributed by atoms with Gasteiger partial charge < -0.3 is 9.32 Å². The van der Waals surface area contributed by atoms with Crippen molar-refractivity contribution in [2.75, 3.05) is 39.3 Å². The normalized spacial score (nSPS) is 20.2. The van der Waals surface area contributed by atoms with E-state index in [-0.39, 0.29) is 17.8 Å². The van der Waals surface area contributed by atoms with E-state index in [1.807, 2.05) is 17.0 Å². The van der Waals surface area contributed by atoms with Gasteiger partial charge in [0.1, 0.15) is 17.6 Å². The minimum atomic E-state index is -0.308. The second-order valence-corrected chi connectivity index (χ2v) is 7.73. The van der Waals surface area contributed by atoms with Gasteiger partial charge in [-0.2, -0.15) is 0 Å². The van der Waals surface area contributed by atoms with Gasteiger partial charge in [0, 0.05) is 26.2 Å². The first-order chi connectivity index (χ1) is 13.7. The molecule has 2 saturated heterocycles. The van der Waals surface area contributed by atoms with Crippen molar-refractivity contribution in [1.29, 1.82) is 0 Å². The number of carbonyl (C=O) groups excluding carboxylic acids is 1. The molecule has 0 aliphatic carbocycles. The molecule has 4 rings (SSSR count). The van der Waals surface area contributed by atoms with E-state index in [0.717, 1.165) is 56.9 Å². The van der Waals surface area contributed by atoms with Crippen LogP contribution in [0.5, 0.6) is 0 Å². The van der Waals surface area contributed by atoms with Crippen LogP contribution in [-0.4, -0.2) is 59.9 Å². The lowest BCUT2D eigenvalue weighted by atomic mass is 10.00. The van der Waals surface area contributed by atoms with Crippen molar-refractivity contribution in [3.63, 3.8) is 0 Å². The Labute approximate surface area is 165 Å². The quantitative estimate of drug-likeness (QED) is 0.792. The molecule has 1 unspecified atom stereocenters. The van der Waals surface area contributed by atoms with Gasteiger partial charge in [0.15, 0.2) is 0 Å². The number of furan rings is 1. The summed E-state index contributed by atoms with van der Waals surface area (Å²) in [5, 5.41) is 0. The summed E-state index contributed by atoms with van der Waals surface area (Å²) < 4.78 is 18.9. The highest BCUT2D eigenvalue weighted by Gasteiger charge is 2.33. The molecule has 6 heteroatoms. The smallest absolute Gasteiger partial charge is 0.244 e.